The first-order valence-electron chi connectivity index (χ1n) is 6.32. The van der Waals surface area contributed by atoms with Crippen LogP contribution in [0, 0.1) is 10.1 Å². The van der Waals surface area contributed by atoms with Gasteiger partial charge in [0, 0.05) is 18.1 Å². The maximum Gasteiger partial charge on any atom is 0.375 e. The second-order valence-corrected chi connectivity index (χ2v) is 4.36. The Balaban J connectivity index is 3.26. The highest BCUT2D eigenvalue weighted by molar-refractivity contribution is 6.36. The number of hydrogen-bond acceptors (Lipinski definition) is 6. The predicted molar refractivity (Wildman–Crippen MR) is 72.8 cm³/mol. The molecule has 112 valence electrons. The van der Waals surface area contributed by atoms with E-state index in [2.05, 4.69) is 4.74 Å². The van der Waals surface area contributed by atoms with Gasteiger partial charge in [-0.2, -0.15) is 0 Å². The van der Waals surface area contributed by atoms with Crippen LogP contribution in [0.2, 0.25) is 0 Å². The normalized spacial score (nSPS) is 11.5. The first-order chi connectivity index (χ1) is 9.88. The van der Waals surface area contributed by atoms with E-state index in [0.717, 1.165) is 0 Å². The van der Waals surface area contributed by atoms with Crippen LogP contribution in [0.5, 0.6) is 0 Å². The van der Waals surface area contributed by atoms with Gasteiger partial charge in [0.05, 0.1) is 17.4 Å². The third-order valence-electron chi connectivity index (χ3n) is 2.79. The van der Waals surface area contributed by atoms with E-state index in [-0.39, 0.29) is 30.1 Å². The number of carbonyl (C=O) groups excluding carboxylic acids is 3. The Morgan fingerprint density at radius 2 is 1.90 bits per heavy atom. The smallest absolute Gasteiger partial charge is 0.375 e. The van der Waals surface area contributed by atoms with Crippen LogP contribution in [0.15, 0.2) is 24.3 Å². The van der Waals surface area contributed by atoms with E-state index >= 15 is 0 Å². The van der Waals surface area contributed by atoms with Gasteiger partial charge in [-0.1, -0.05) is 18.2 Å². The predicted octanol–water partition coefficient (Wildman–Crippen LogP) is 1.79. The van der Waals surface area contributed by atoms with E-state index in [9.17, 15) is 24.5 Å². The second-order valence-electron chi connectivity index (χ2n) is 4.36. The number of carbonyl (C=O) groups is 3. The maximum absolute atomic E-state index is 12.1. The summed E-state index contributed by atoms with van der Waals surface area (Å²) in [5.41, 5.74) is -0.267. The second kappa shape index (κ2) is 7.28. The molecule has 0 spiro atoms. The highest BCUT2D eigenvalue weighted by atomic mass is 16.6. The van der Waals surface area contributed by atoms with Crippen molar-refractivity contribution in [2.75, 3.05) is 6.61 Å². The molecule has 0 fully saturated rings. The summed E-state index contributed by atoms with van der Waals surface area (Å²) >= 11 is 0. The van der Waals surface area contributed by atoms with E-state index < -0.39 is 22.6 Å². The van der Waals surface area contributed by atoms with Gasteiger partial charge in [0.2, 0.25) is 5.78 Å². The average molecular weight is 293 g/mol. The van der Waals surface area contributed by atoms with Crippen molar-refractivity contribution in [2.45, 2.75) is 26.2 Å². The summed E-state index contributed by atoms with van der Waals surface area (Å²) in [5.74, 6) is -3.61. The average Bonchev–Trinajstić information content (AvgIpc) is 2.44. The summed E-state index contributed by atoms with van der Waals surface area (Å²) in [4.78, 5) is 45.4. The van der Waals surface area contributed by atoms with E-state index in [1.54, 1.807) is 0 Å². The zero-order valence-electron chi connectivity index (χ0n) is 11.7. The number of ether oxygens (including phenoxy) is 1. The van der Waals surface area contributed by atoms with Crippen molar-refractivity contribution in [1.82, 2.24) is 0 Å². The fourth-order valence-corrected chi connectivity index (χ4v) is 1.92. The molecular weight excluding hydrogens is 278 g/mol. The van der Waals surface area contributed by atoms with Gasteiger partial charge in [-0.15, -0.1) is 0 Å². The molecule has 1 unspecified atom stereocenters. The fourth-order valence-electron chi connectivity index (χ4n) is 1.92. The lowest BCUT2D eigenvalue weighted by atomic mass is 9.89. The van der Waals surface area contributed by atoms with Gasteiger partial charge >= 0.3 is 5.97 Å². The molecule has 0 bridgehead atoms. The molecule has 0 aromatic heterocycles. The number of nitro groups is 1. The Bertz CT molecular complexity index is 581. The number of Topliss-reactive ketones (excluding diaryl/α,β-unsaturated/α-hetero) is 2. The molecule has 0 saturated heterocycles. The monoisotopic (exact) mass is 293 g/mol. The number of para-hydroxylation sites is 1. The van der Waals surface area contributed by atoms with Crippen LogP contribution in [-0.2, 0) is 19.1 Å². The van der Waals surface area contributed by atoms with Crippen LogP contribution in [0.3, 0.4) is 0 Å². The first kappa shape index (κ1) is 16.5. The summed E-state index contributed by atoms with van der Waals surface area (Å²) in [7, 11) is 0. The molecule has 0 saturated carbocycles. The lowest BCUT2D eigenvalue weighted by Gasteiger charge is -2.14. The van der Waals surface area contributed by atoms with E-state index in [1.165, 1.54) is 38.1 Å². The van der Waals surface area contributed by atoms with E-state index in [4.69, 9.17) is 0 Å². The summed E-state index contributed by atoms with van der Waals surface area (Å²) in [6.07, 6.45) is -0.289. The SMILES string of the molecule is CCOC(=O)C(=O)C(CC(C)=O)c1ccccc1[N+](=O)[O-]. The molecule has 0 radical (unpaired) electrons. The third-order valence-corrected chi connectivity index (χ3v) is 2.79. The van der Waals surface area contributed by atoms with Gasteiger partial charge in [-0.05, 0) is 13.8 Å². The quantitative estimate of drug-likeness (QED) is 0.328. The summed E-state index contributed by atoms with van der Waals surface area (Å²) < 4.78 is 4.62. The zero-order chi connectivity index (χ0) is 16.0. The topological polar surface area (TPSA) is 104 Å². The molecule has 0 aliphatic heterocycles. The molecule has 1 rings (SSSR count). The minimum Gasteiger partial charge on any atom is -0.460 e. The molecule has 0 heterocycles. The fraction of sp³-hybridized carbons (Fsp3) is 0.357. The van der Waals surface area contributed by atoms with Gasteiger partial charge in [-0.3, -0.25) is 19.7 Å². The minimum absolute atomic E-state index is 0.00818. The molecular formula is C14H15NO6. The van der Waals surface area contributed by atoms with Crippen LogP contribution >= 0.6 is 0 Å². The lowest BCUT2D eigenvalue weighted by Crippen LogP contribution is -2.26. The lowest BCUT2D eigenvalue weighted by molar-refractivity contribution is -0.385. The van der Waals surface area contributed by atoms with Gasteiger partial charge in [-0.25, -0.2) is 4.79 Å². The largest absolute Gasteiger partial charge is 0.460 e. The van der Waals surface area contributed by atoms with Crippen LogP contribution in [0.4, 0.5) is 5.69 Å². The molecule has 1 atom stereocenters. The van der Waals surface area contributed by atoms with Crippen molar-refractivity contribution in [2.24, 2.45) is 0 Å². The number of rotatable bonds is 7. The molecule has 1 aromatic rings. The maximum atomic E-state index is 12.1. The Kier molecular flexibility index (Phi) is 5.71. The first-order valence-corrected chi connectivity index (χ1v) is 6.32. The van der Waals surface area contributed by atoms with Crippen molar-refractivity contribution in [3.8, 4) is 0 Å². The van der Waals surface area contributed by atoms with Crippen LogP contribution in [-0.4, -0.2) is 29.1 Å². The number of nitrogens with zero attached hydrogens (tertiary/aromatic N) is 1. The van der Waals surface area contributed by atoms with E-state index in [0.29, 0.717) is 0 Å². The third kappa shape index (κ3) is 4.20. The summed E-state index contributed by atoms with van der Waals surface area (Å²) in [6, 6.07) is 5.54. The number of esters is 1. The molecule has 7 nitrogen and oxygen atoms in total. The zero-order valence-corrected chi connectivity index (χ0v) is 11.7. The van der Waals surface area contributed by atoms with Gasteiger partial charge in [0.25, 0.3) is 5.69 Å². The highest BCUT2D eigenvalue weighted by Gasteiger charge is 2.33. The number of ketones is 2. The molecule has 1 aromatic carbocycles. The number of benzene rings is 1. The molecule has 0 aliphatic carbocycles. The van der Waals surface area contributed by atoms with Crippen LogP contribution < -0.4 is 0 Å². The van der Waals surface area contributed by atoms with Crippen molar-refractivity contribution < 1.29 is 24.0 Å². The molecule has 0 aliphatic rings. The van der Waals surface area contributed by atoms with Crippen molar-refractivity contribution >= 4 is 23.2 Å². The van der Waals surface area contributed by atoms with Crippen molar-refractivity contribution in [3.05, 3.63) is 39.9 Å². The molecule has 21 heavy (non-hydrogen) atoms. The van der Waals surface area contributed by atoms with Gasteiger partial charge < -0.3 is 4.74 Å². The molecule has 0 N–H and O–H groups in total. The summed E-state index contributed by atoms with van der Waals surface area (Å²) in [5, 5.41) is 11.0. The standard InChI is InChI=1S/C14H15NO6/c1-3-21-14(18)13(17)11(8-9(2)16)10-6-4-5-7-12(10)15(19)20/h4-7,11H,3,8H2,1-2H3. The molecule has 0 amide bonds. The number of nitro benzene ring substituents is 1. The highest BCUT2D eigenvalue weighted by Crippen LogP contribution is 2.30. The van der Waals surface area contributed by atoms with E-state index in [1.807, 2.05) is 0 Å². The van der Waals surface area contributed by atoms with Crippen molar-refractivity contribution in [3.63, 3.8) is 0 Å². The Labute approximate surface area is 121 Å². The van der Waals surface area contributed by atoms with Crippen LogP contribution in [0.1, 0.15) is 31.7 Å². The Hall–Kier alpha value is -2.57. The van der Waals surface area contributed by atoms with Gasteiger partial charge in [0.1, 0.15) is 5.78 Å². The Morgan fingerprint density at radius 1 is 1.29 bits per heavy atom. The van der Waals surface area contributed by atoms with Crippen molar-refractivity contribution in [1.29, 1.82) is 0 Å². The minimum atomic E-state index is -1.21. The van der Waals surface area contributed by atoms with Crippen LogP contribution in [0.25, 0.3) is 0 Å². The Morgan fingerprint density at radius 3 is 2.43 bits per heavy atom. The number of hydrogen-bond donors (Lipinski definition) is 0. The summed E-state index contributed by atoms with van der Waals surface area (Å²) in [6.45, 7) is 2.80. The molecule has 7 heteroatoms. The van der Waals surface area contributed by atoms with Gasteiger partial charge in [0.15, 0.2) is 0 Å².